The van der Waals surface area contributed by atoms with Crippen LogP contribution >= 0.6 is 0 Å². The summed E-state index contributed by atoms with van der Waals surface area (Å²) in [6, 6.07) is 5.46. The minimum absolute atomic E-state index is 0.00222. The Balaban J connectivity index is 2.47. The average Bonchev–Trinajstić information content (AvgIpc) is 2.62. The Morgan fingerprint density at radius 2 is 1.79 bits per heavy atom. The predicted octanol–water partition coefficient (Wildman–Crippen LogP) is 3.75. The number of hydrogen-bond donors (Lipinski definition) is 0. The second-order valence-corrected chi connectivity index (χ2v) is 4.73. The van der Waals surface area contributed by atoms with Gasteiger partial charge in [-0.2, -0.15) is 0 Å². The van der Waals surface area contributed by atoms with Crippen LogP contribution < -0.4 is 4.74 Å². The summed E-state index contributed by atoms with van der Waals surface area (Å²) in [5.74, 6) is 2.26. The fraction of sp³-hybridized carbons (Fsp3) is 0.312. The van der Waals surface area contributed by atoms with E-state index in [1.807, 2.05) is 39.8 Å². The topological polar surface area (TPSA) is 39.4 Å². The molecule has 0 aliphatic carbocycles. The van der Waals surface area contributed by atoms with Crippen LogP contribution in [0, 0.1) is 27.7 Å². The molecule has 100 valence electrons. The highest BCUT2D eigenvalue weighted by molar-refractivity contribution is 6.10. The number of aryl methyl sites for hydroxylation is 3. The van der Waals surface area contributed by atoms with E-state index in [4.69, 9.17) is 9.15 Å². The molecule has 0 spiro atoms. The van der Waals surface area contributed by atoms with Crippen molar-refractivity contribution < 1.29 is 13.9 Å². The van der Waals surface area contributed by atoms with Gasteiger partial charge in [0.1, 0.15) is 17.3 Å². The Morgan fingerprint density at radius 3 is 2.26 bits per heavy atom. The van der Waals surface area contributed by atoms with Crippen LogP contribution in [0.25, 0.3) is 0 Å². The minimum atomic E-state index is -0.00222. The van der Waals surface area contributed by atoms with Gasteiger partial charge in [-0.1, -0.05) is 0 Å². The van der Waals surface area contributed by atoms with Crippen LogP contribution in [-0.2, 0) is 0 Å². The van der Waals surface area contributed by atoms with Crippen LogP contribution in [0.4, 0.5) is 0 Å². The van der Waals surface area contributed by atoms with Crippen LogP contribution in [-0.4, -0.2) is 12.9 Å². The molecule has 0 fully saturated rings. The van der Waals surface area contributed by atoms with Crippen molar-refractivity contribution in [2.45, 2.75) is 27.7 Å². The summed E-state index contributed by atoms with van der Waals surface area (Å²) in [4.78, 5) is 12.6. The van der Waals surface area contributed by atoms with Gasteiger partial charge in [-0.3, -0.25) is 4.79 Å². The van der Waals surface area contributed by atoms with Crippen molar-refractivity contribution >= 4 is 5.78 Å². The lowest BCUT2D eigenvalue weighted by atomic mass is 9.98. The van der Waals surface area contributed by atoms with E-state index in [0.717, 1.165) is 22.6 Å². The summed E-state index contributed by atoms with van der Waals surface area (Å²) in [5, 5.41) is 0. The smallest absolute Gasteiger partial charge is 0.196 e. The molecule has 0 unspecified atom stereocenters. The molecule has 0 N–H and O–H groups in total. The van der Waals surface area contributed by atoms with Crippen molar-refractivity contribution in [3.63, 3.8) is 0 Å². The van der Waals surface area contributed by atoms with Crippen molar-refractivity contribution in [1.29, 1.82) is 0 Å². The zero-order valence-electron chi connectivity index (χ0n) is 12.0. The molecule has 19 heavy (non-hydrogen) atoms. The molecule has 3 nitrogen and oxygen atoms in total. The first-order valence-electron chi connectivity index (χ1n) is 6.21. The number of rotatable bonds is 3. The number of ketones is 1. The first-order valence-corrected chi connectivity index (χ1v) is 6.21. The zero-order valence-corrected chi connectivity index (χ0v) is 12.0. The molecule has 0 amide bonds. The van der Waals surface area contributed by atoms with Gasteiger partial charge in [-0.05, 0) is 51.5 Å². The molecular formula is C16H18O3. The molecule has 0 aliphatic rings. The van der Waals surface area contributed by atoms with Crippen LogP contribution in [0.2, 0.25) is 0 Å². The molecular weight excluding hydrogens is 240 g/mol. The van der Waals surface area contributed by atoms with Gasteiger partial charge in [-0.15, -0.1) is 0 Å². The number of carbonyl (C=O) groups excluding carboxylic acids is 1. The van der Waals surface area contributed by atoms with E-state index in [9.17, 15) is 4.79 Å². The van der Waals surface area contributed by atoms with Crippen molar-refractivity contribution in [3.05, 3.63) is 52.0 Å². The highest BCUT2D eigenvalue weighted by atomic mass is 16.5. The fourth-order valence-electron chi connectivity index (χ4n) is 2.29. The molecule has 3 heteroatoms. The van der Waals surface area contributed by atoms with Gasteiger partial charge in [-0.25, -0.2) is 0 Å². The van der Waals surface area contributed by atoms with E-state index >= 15 is 0 Å². The van der Waals surface area contributed by atoms with Gasteiger partial charge in [0.05, 0.1) is 12.7 Å². The van der Waals surface area contributed by atoms with E-state index in [1.165, 1.54) is 0 Å². The maximum Gasteiger partial charge on any atom is 0.196 e. The van der Waals surface area contributed by atoms with Gasteiger partial charge in [0, 0.05) is 11.1 Å². The van der Waals surface area contributed by atoms with Crippen LogP contribution in [0.5, 0.6) is 5.75 Å². The van der Waals surface area contributed by atoms with Crippen molar-refractivity contribution in [2.75, 3.05) is 7.11 Å². The molecule has 0 bridgehead atoms. The quantitative estimate of drug-likeness (QED) is 0.787. The summed E-state index contributed by atoms with van der Waals surface area (Å²) < 4.78 is 10.7. The van der Waals surface area contributed by atoms with Gasteiger partial charge >= 0.3 is 0 Å². The van der Waals surface area contributed by atoms with E-state index < -0.39 is 0 Å². The van der Waals surface area contributed by atoms with Crippen molar-refractivity contribution in [1.82, 2.24) is 0 Å². The molecule has 0 atom stereocenters. The Kier molecular flexibility index (Phi) is 3.47. The fourth-order valence-corrected chi connectivity index (χ4v) is 2.29. The number of carbonyl (C=O) groups is 1. The third-order valence-corrected chi connectivity index (χ3v) is 3.45. The van der Waals surface area contributed by atoms with E-state index in [1.54, 1.807) is 13.2 Å². The monoisotopic (exact) mass is 258 g/mol. The Morgan fingerprint density at radius 1 is 1.11 bits per heavy atom. The number of hydrogen-bond acceptors (Lipinski definition) is 3. The summed E-state index contributed by atoms with van der Waals surface area (Å²) in [6.45, 7) is 7.54. The Bertz CT molecular complexity index is 636. The third kappa shape index (κ3) is 2.28. The molecule has 0 saturated heterocycles. The van der Waals surface area contributed by atoms with Gasteiger partial charge in [0.25, 0.3) is 0 Å². The standard InChI is InChI=1S/C16H18O3/c1-9-8-13(6-7-14(9)18-5)16(17)15-10(2)11(3)19-12(15)4/h6-8H,1-5H3. The highest BCUT2D eigenvalue weighted by Gasteiger charge is 2.20. The Hall–Kier alpha value is -2.03. The molecule has 1 aromatic carbocycles. The second kappa shape index (κ2) is 4.92. The van der Waals surface area contributed by atoms with Crippen molar-refractivity contribution in [3.8, 4) is 5.75 Å². The predicted molar refractivity (Wildman–Crippen MR) is 74.1 cm³/mol. The number of furan rings is 1. The maximum absolute atomic E-state index is 12.6. The molecule has 1 aromatic heterocycles. The molecule has 0 saturated carbocycles. The largest absolute Gasteiger partial charge is 0.496 e. The summed E-state index contributed by atoms with van der Waals surface area (Å²) >= 11 is 0. The summed E-state index contributed by atoms with van der Waals surface area (Å²) in [6.07, 6.45) is 0. The van der Waals surface area contributed by atoms with Crippen LogP contribution in [0.1, 0.15) is 38.6 Å². The summed E-state index contributed by atoms with van der Waals surface area (Å²) in [7, 11) is 1.62. The SMILES string of the molecule is COc1ccc(C(=O)c2c(C)oc(C)c2C)cc1C. The minimum Gasteiger partial charge on any atom is -0.496 e. The lowest BCUT2D eigenvalue weighted by molar-refractivity contribution is 0.103. The van der Waals surface area contributed by atoms with Crippen molar-refractivity contribution in [2.24, 2.45) is 0 Å². The number of methoxy groups -OCH3 is 1. The normalized spacial score (nSPS) is 10.6. The van der Waals surface area contributed by atoms with Gasteiger partial charge in [0.15, 0.2) is 5.78 Å². The molecule has 1 heterocycles. The van der Waals surface area contributed by atoms with Crippen LogP contribution in [0.15, 0.2) is 22.6 Å². The van der Waals surface area contributed by atoms with Gasteiger partial charge < -0.3 is 9.15 Å². The van der Waals surface area contributed by atoms with E-state index in [2.05, 4.69) is 0 Å². The molecule has 0 radical (unpaired) electrons. The zero-order chi connectivity index (χ0) is 14.2. The van der Waals surface area contributed by atoms with E-state index in [-0.39, 0.29) is 5.78 Å². The van der Waals surface area contributed by atoms with Crippen LogP contribution in [0.3, 0.4) is 0 Å². The average molecular weight is 258 g/mol. The first kappa shape index (κ1) is 13.4. The molecule has 2 rings (SSSR count). The lowest BCUT2D eigenvalue weighted by Gasteiger charge is -2.07. The number of ether oxygens (including phenoxy) is 1. The first-order chi connectivity index (χ1) is 8.95. The number of benzene rings is 1. The summed E-state index contributed by atoms with van der Waals surface area (Å²) in [5.41, 5.74) is 3.19. The highest BCUT2D eigenvalue weighted by Crippen LogP contribution is 2.26. The maximum atomic E-state index is 12.6. The lowest BCUT2D eigenvalue weighted by Crippen LogP contribution is -2.04. The van der Waals surface area contributed by atoms with Gasteiger partial charge in [0.2, 0.25) is 0 Å². The molecule has 0 aliphatic heterocycles. The second-order valence-electron chi connectivity index (χ2n) is 4.73. The third-order valence-electron chi connectivity index (χ3n) is 3.45. The van der Waals surface area contributed by atoms with E-state index in [0.29, 0.717) is 16.9 Å². The Labute approximate surface area is 113 Å². The molecule has 2 aromatic rings.